The summed E-state index contributed by atoms with van der Waals surface area (Å²) in [6.45, 7) is 7.68. The third kappa shape index (κ3) is 2.83. The van der Waals surface area contributed by atoms with Crippen LogP contribution in [0.1, 0.15) is 50.5 Å². The van der Waals surface area contributed by atoms with Crippen LogP contribution in [0.2, 0.25) is 0 Å². The lowest BCUT2D eigenvalue weighted by Gasteiger charge is -2.39. The number of hydrogen-bond donors (Lipinski definition) is 0. The van der Waals surface area contributed by atoms with Gasteiger partial charge in [0.05, 0.1) is 5.69 Å². The number of aromatic nitrogens is 2. The fraction of sp³-hybridized carbons (Fsp3) is 0.524. The van der Waals surface area contributed by atoms with E-state index in [0.29, 0.717) is 17.0 Å². The van der Waals surface area contributed by atoms with Crippen molar-refractivity contribution >= 4 is 5.91 Å². The molecule has 1 saturated carbocycles. The highest BCUT2D eigenvalue weighted by molar-refractivity contribution is 5.94. The van der Waals surface area contributed by atoms with Crippen molar-refractivity contribution in [1.29, 1.82) is 0 Å². The van der Waals surface area contributed by atoms with Gasteiger partial charge in [-0.3, -0.25) is 9.48 Å². The first-order valence-electron chi connectivity index (χ1n) is 9.27. The third-order valence-electron chi connectivity index (χ3n) is 5.92. The molecule has 1 aromatic carbocycles. The SMILES string of the molecule is Cn1nc(-c2ccccc2F)cc1C(=O)N1CC2(C)CC1CC(C)(C)C2. The number of aryl methyl sites for hydroxylation is 1. The average Bonchev–Trinajstić information content (AvgIpc) is 3.03. The average molecular weight is 355 g/mol. The maximum atomic E-state index is 14.1. The molecule has 0 radical (unpaired) electrons. The van der Waals surface area contributed by atoms with Crippen LogP contribution in [0.25, 0.3) is 11.3 Å². The van der Waals surface area contributed by atoms with Crippen molar-refractivity contribution in [3.8, 4) is 11.3 Å². The van der Waals surface area contributed by atoms with E-state index in [1.54, 1.807) is 36.0 Å². The van der Waals surface area contributed by atoms with Crippen LogP contribution in [0.5, 0.6) is 0 Å². The van der Waals surface area contributed by atoms with Gasteiger partial charge in [-0.1, -0.05) is 32.9 Å². The predicted octanol–water partition coefficient (Wildman–Crippen LogP) is 4.27. The Balaban J connectivity index is 1.65. The molecule has 5 heteroatoms. The number of hydrogen-bond acceptors (Lipinski definition) is 2. The van der Waals surface area contributed by atoms with Crippen molar-refractivity contribution < 1.29 is 9.18 Å². The van der Waals surface area contributed by atoms with E-state index in [9.17, 15) is 9.18 Å². The largest absolute Gasteiger partial charge is 0.334 e. The fourth-order valence-corrected chi connectivity index (χ4v) is 5.31. The molecule has 26 heavy (non-hydrogen) atoms. The fourth-order valence-electron chi connectivity index (χ4n) is 5.31. The van der Waals surface area contributed by atoms with E-state index in [1.807, 2.05) is 4.90 Å². The zero-order chi connectivity index (χ0) is 18.7. The molecule has 0 N–H and O–H groups in total. The van der Waals surface area contributed by atoms with Crippen LogP contribution in [0.3, 0.4) is 0 Å². The number of fused-ring (bicyclic) bond motifs is 2. The third-order valence-corrected chi connectivity index (χ3v) is 5.92. The molecule has 0 spiro atoms. The molecule has 2 aliphatic rings. The number of halogens is 1. The first-order chi connectivity index (χ1) is 12.2. The summed E-state index contributed by atoms with van der Waals surface area (Å²) in [5.41, 5.74) is 1.90. The molecule has 2 atom stereocenters. The molecule has 1 aliphatic heterocycles. The van der Waals surface area contributed by atoms with Gasteiger partial charge in [0, 0.05) is 25.2 Å². The maximum Gasteiger partial charge on any atom is 0.272 e. The molecule has 1 aliphatic carbocycles. The topological polar surface area (TPSA) is 38.1 Å². The van der Waals surface area contributed by atoms with Gasteiger partial charge in [-0.15, -0.1) is 0 Å². The first kappa shape index (κ1) is 17.3. The number of likely N-dealkylation sites (tertiary alicyclic amines) is 1. The van der Waals surface area contributed by atoms with Crippen LogP contribution in [-0.2, 0) is 7.05 Å². The molecule has 1 saturated heterocycles. The minimum Gasteiger partial charge on any atom is -0.334 e. The van der Waals surface area contributed by atoms with Crippen molar-refractivity contribution in [2.45, 2.75) is 46.1 Å². The van der Waals surface area contributed by atoms with Gasteiger partial charge in [-0.2, -0.15) is 5.10 Å². The summed E-state index contributed by atoms with van der Waals surface area (Å²) in [4.78, 5) is 15.3. The second kappa shape index (κ2) is 5.66. The normalized spacial score (nSPS) is 27.0. The van der Waals surface area contributed by atoms with E-state index < -0.39 is 0 Å². The molecule has 1 amide bonds. The standard InChI is InChI=1S/C21H26FN3O/c1-20(2)10-14-11-21(3,12-20)13-25(14)19(26)18-9-17(23-24(18)4)15-7-5-6-8-16(15)22/h5-9,14H,10-13H2,1-4H3. The van der Waals surface area contributed by atoms with E-state index >= 15 is 0 Å². The summed E-state index contributed by atoms with van der Waals surface area (Å²) in [5, 5.41) is 4.39. The lowest BCUT2D eigenvalue weighted by molar-refractivity contribution is 0.0697. The van der Waals surface area contributed by atoms with Crippen LogP contribution in [-0.4, -0.2) is 33.2 Å². The van der Waals surface area contributed by atoms with E-state index in [0.717, 1.165) is 25.8 Å². The Bertz CT molecular complexity index is 872. The smallest absolute Gasteiger partial charge is 0.272 e. The highest BCUT2D eigenvalue weighted by Gasteiger charge is 2.51. The molecule has 1 aromatic heterocycles. The molecule has 2 fully saturated rings. The van der Waals surface area contributed by atoms with Crippen LogP contribution >= 0.6 is 0 Å². The minimum absolute atomic E-state index is 0.00835. The molecule has 2 bridgehead atoms. The zero-order valence-corrected chi connectivity index (χ0v) is 15.9. The number of rotatable bonds is 2. The van der Waals surface area contributed by atoms with Gasteiger partial charge in [0.2, 0.25) is 0 Å². The Kier molecular flexibility index (Phi) is 3.76. The van der Waals surface area contributed by atoms with Gasteiger partial charge in [-0.05, 0) is 48.3 Å². The minimum atomic E-state index is -0.323. The summed E-state index contributed by atoms with van der Waals surface area (Å²) < 4.78 is 15.7. The van der Waals surface area contributed by atoms with Crippen LogP contribution < -0.4 is 0 Å². The quantitative estimate of drug-likeness (QED) is 0.807. The van der Waals surface area contributed by atoms with Crippen LogP contribution in [0, 0.1) is 16.6 Å². The van der Waals surface area contributed by atoms with Gasteiger partial charge in [0.25, 0.3) is 5.91 Å². The molecule has 4 rings (SSSR count). The number of benzene rings is 1. The maximum absolute atomic E-state index is 14.1. The van der Waals surface area contributed by atoms with Gasteiger partial charge in [0.15, 0.2) is 0 Å². The second-order valence-corrected chi connectivity index (χ2v) is 9.17. The number of nitrogens with zero attached hydrogens (tertiary/aromatic N) is 3. The second-order valence-electron chi connectivity index (χ2n) is 9.17. The molecular formula is C21H26FN3O. The van der Waals surface area contributed by atoms with Crippen molar-refractivity contribution in [3.05, 3.63) is 41.8 Å². The lowest BCUT2D eigenvalue weighted by Crippen LogP contribution is -2.38. The Morgan fingerprint density at radius 2 is 1.96 bits per heavy atom. The Labute approximate surface area is 154 Å². The highest BCUT2D eigenvalue weighted by Crippen LogP contribution is 2.52. The van der Waals surface area contributed by atoms with Gasteiger partial charge in [-0.25, -0.2) is 4.39 Å². The van der Waals surface area contributed by atoms with Crippen molar-refractivity contribution in [2.75, 3.05) is 6.54 Å². The summed E-state index contributed by atoms with van der Waals surface area (Å²) >= 11 is 0. The number of amides is 1. The Morgan fingerprint density at radius 1 is 1.23 bits per heavy atom. The number of carbonyl (C=O) groups excluding carboxylic acids is 1. The monoisotopic (exact) mass is 355 g/mol. The van der Waals surface area contributed by atoms with Crippen molar-refractivity contribution in [3.63, 3.8) is 0 Å². The Morgan fingerprint density at radius 3 is 2.69 bits per heavy atom. The number of carbonyl (C=O) groups is 1. The molecule has 138 valence electrons. The zero-order valence-electron chi connectivity index (χ0n) is 15.9. The van der Waals surface area contributed by atoms with E-state index in [1.165, 1.54) is 6.07 Å². The molecule has 2 unspecified atom stereocenters. The summed E-state index contributed by atoms with van der Waals surface area (Å²) in [7, 11) is 1.76. The predicted molar refractivity (Wildman–Crippen MR) is 99.2 cm³/mol. The molecule has 4 nitrogen and oxygen atoms in total. The molecule has 2 heterocycles. The van der Waals surface area contributed by atoms with Crippen LogP contribution in [0.15, 0.2) is 30.3 Å². The van der Waals surface area contributed by atoms with Crippen molar-refractivity contribution in [1.82, 2.24) is 14.7 Å². The van der Waals surface area contributed by atoms with E-state index in [2.05, 4.69) is 25.9 Å². The first-order valence-corrected chi connectivity index (χ1v) is 9.27. The van der Waals surface area contributed by atoms with Crippen molar-refractivity contribution in [2.24, 2.45) is 17.9 Å². The van der Waals surface area contributed by atoms with Gasteiger partial charge >= 0.3 is 0 Å². The molecule has 2 aromatic rings. The summed E-state index contributed by atoms with van der Waals surface area (Å²) in [5.74, 6) is -0.315. The van der Waals surface area contributed by atoms with Crippen LogP contribution in [0.4, 0.5) is 4.39 Å². The van der Waals surface area contributed by atoms with Gasteiger partial charge < -0.3 is 4.90 Å². The Hall–Kier alpha value is -2.17. The van der Waals surface area contributed by atoms with Gasteiger partial charge in [0.1, 0.15) is 11.5 Å². The molecular weight excluding hydrogens is 329 g/mol. The summed E-state index contributed by atoms with van der Waals surface area (Å²) in [6.07, 6.45) is 3.25. The van der Waals surface area contributed by atoms with E-state index in [-0.39, 0.29) is 28.6 Å². The summed E-state index contributed by atoms with van der Waals surface area (Å²) in [6, 6.07) is 8.54. The van der Waals surface area contributed by atoms with E-state index in [4.69, 9.17) is 0 Å². The highest BCUT2D eigenvalue weighted by atomic mass is 19.1. The lowest BCUT2D eigenvalue weighted by atomic mass is 9.65.